The number of benzene rings is 1. The first-order valence-electron chi connectivity index (χ1n) is 10.8. The second kappa shape index (κ2) is 8.34. The molecule has 3 aromatic heterocycles. The van der Waals surface area contributed by atoms with Gasteiger partial charge in [0.2, 0.25) is 0 Å². The number of carbonyl (C=O) groups excluding carboxylic acids is 1. The molecule has 0 unspecified atom stereocenters. The molecule has 0 atom stereocenters. The minimum atomic E-state index is -0.457. The van der Waals surface area contributed by atoms with Crippen LogP contribution in [0.1, 0.15) is 40.0 Å². The summed E-state index contributed by atoms with van der Waals surface area (Å²) in [5, 5.41) is 3.46. The Labute approximate surface area is 186 Å². The van der Waals surface area contributed by atoms with Crippen molar-refractivity contribution in [2.75, 3.05) is 11.9 Å². The SMILES string of the molecule is Cc1cc2c(C(N)=O)cccn2c1-c1nc2c(c(NCc3ccccc3)n1)OCCCC2. The number of rotatable bonds is 5. The fraction of sp³-hybridized carbons (Fsp3) is 0.240. The van der Waals surface area contributed by atoms with E-state index < -0.39 is 5.91 Å². The smallest absolute Gasteiger partial charge is 0.250 e. The van der Waals surface area contributed by atoms with E-state index in [1.54, 1.807) is 6.07 Å². The molecule has 1 amide bonds. The van der Waals surface area contributed by atoms with Crippen LogP contribution >= 0.6 is 0 Å². The molecule has 0 bridgehead atoms. The molecule has 3 N–H and O–H groups in total. The summed E-state index contributed by atoms with van der Waals surface area (Å²) in [5.41, 5.74) is 10.7. The Kier molecular flexibility index (Phi) is 5.23. The molecule has 4 aromatic rings. The molecule has 32 heavy (non-hydrogen) atoms. The fourth-order valence-electron chi connectivity index (χ4n) is 4.21. The van der Waals surface area contributed by atoms with Gasteiger partial charge in [0.15, 0.2) is 17.4 Å². The number of aryl methyl sites for hydroxylation is 2. The predicted molar refractivity (Wildman–Crippen MR) is 124 cm³/mol. The van der Waals surface area contributed by atoms with Crippen LogP contribution in [0.25, 0.3) is 17.0 Å². The van der Waals surface area contributed by atoms with E-state index in [1.165, 1.54) is 0 Å². The van der Waals surface area contributed by atoms with Crippen LogP contribution in [0, 0.1) is 6.92 Å². The molecule has 5 rings (SSSR count). The number of carbonyl (C=O) groups is 1. The normalized spacial score (nSPS) is 13.3. The van der Waals surface area contributed by atoms with Crippen LogP contribution in [0.4, 0.5) is 5.82 Å². The molecular weight excluding hydrogens is 402 g/mol. The number of fused-ring (bicyclic) bond motifs is 2. The molecule has 7 nitrogen and oxygen atoms in total. The Balaban J connectivity index is 1.63. The molecule has 4 heterocycles. The van der Waals surface area contributed by atoms with Crippen molar-refractivity contribution in [3.05, 3.63) is 77.1 Å². The van der Waals surface area contributed by atoms with E-state index in [0.717, 1.165) is 53.0 Å². The molecule has 0 saturated carbocycles. The lowest BCUT2D eigenvalue weighted by molar-refractivity contribution is 0.100. The summed E-state index contributed by atoms with van der Waals surface area (Å²) >= 11 is 0. The number of nitrogens with one attached hydrogen (secondary N) is 1. The Hall–Kier alpha value is -3.87. The lowest BCUT2D eigenvalue weighted by Gasteiger charge is -2.15. The highest BCUT2D eigenvalue weighted by Crippen LogP contribution is 2.34. The number of anilines is 1. The van der Waals surface area contributed by atoms with Gasteiger partial charge < -0.3 is 20.2 Å². The highest BCUT2D eigenvalue weighted by atomic mass is 16.5. The first-order valence-corrected chi connectivity index (χ1v) is 10.8. The van der Waals surface area contributed by atoms with Crippen LogP contribution < -0.4 is 15.8 Å². The molecule has 0 saturated heterocycles. The van der Waals surface area contributed by atoms with Crippen LogP contribution in [0.2, 0.25) is 0 Å². The first-order chi connectivity index (χ1) is 15.6. The number of amides is 1. The molecule has 0 fully saturated rings. The second-order valence-electron chi connectivity index (χ2n) is 8.03. The second-order valence-corrected chi connectivity index (χ2v) is 8.03. The zero-order valence-electron chi connectivity index (χ0n) is 18.0. The Bertz CT molecular complexity index is 1300. The summed E-state index contributed by atoms with van der Waals surface area (Å²) in [6.07, 6.45) is 4.74. The van der Waals surface area contributed by atoms with Crippen molar-refractivity contribution in [3.63, 3.8) is 0 Å². The van der Waals surface area contributed by atoms with Gasteiger partial charge in [-0.3, -0.25) is 4.79 Å². The summed E-state index contributed by atoms with van der Waals surface area (Å²) in [6, 6.07) is 15.7. The van der Waals surface area contributed by atoms with Crippen LogP contribution in [-0.2, 0) is 13.0 Å². The van der Waals surface area contributed by atoms with Gasteiger partial charge in [-0.25, -0.2) is 9.97 Å². The Morgan fingerprint density at radius 2 is 2.00 bits per heavy atom. The Morgan fingerprint density at radius 3 is 2.81 bits per heavy atom. The number of nitrogens with zero attached hydrogens (tertiary/aromatic N) is 3. The molecule has 1 aliphatic rings. The molecule has 1 aromatic carbocycles. The van der Waals surface area contributed by atoms with Crippen molar-refractivity contribution in [3.8, 4) is 17.3 Å². The lowest BCUT2D eigenvalue weighted by atomic mass is 10.1. The molecular formula is C25H25N5O2. The molecule has 0 aliphatic carbocycles. The Morgan fingerprint density at radius 1 is 1.16 bits per heavy atom. The predicted octanol–water partition coefficient (Wildman–Crippen LogP) is 4.13. The lowest BCUT2D eigenvalue weighted by Crippen LogP contribution is -2.12. The van der Waals surface area contributed by atoms with Crippen molar-refractivity contribution < 1.29 is 9.53 Å². The molecule has 0 spiro atoms. The van der Waals surface area contributed by atoms with Gasteiger partial charge in [0.1, 0.15) is 0 Å². The fourth-order valence-corrected chi connectivity index (χ4v) is 4.21. The summed E-state index contributed by atoms with van der Waals surface area (Å²) in [5.74, 6) is 1.57. The minimum absolute atomic E-state index is 0.457. The van der Waals surface area contributed by atoms with E-state index in [0.29, 0.717) is 30.4 Å². The number of pyridine rings is 1. The van der Waals surface area contributed by atoms with Crippen molar-refractivity contribution in [2.45, 2.75) is 32.7 Å². The first kappa shape index (κ1) is 20.1. The molecule has 0 radical (unpaired) electrons. The average molecular weight is 428 g/mol. The standard InChI is InChI=1S/C25H25N5O2/c1-16-14-20-18(23(26)31)10-7-12-30(20)21(16)24-28-19-11-5-6-13-32-22(19)25(29-24)27-15-17-8-3-2-4-9-17/h2-4,7-10,12,14H,5-6,11,13,15H2,1H3,(H2,26,31)(H,27,28,29). The number of ether oxygens (including phenoxy) is 1. The third kappa shape index (κ3) is 3.66. The van der Waals surface area contributed by atoms with Crippen molar-refractivity contribution in [1.29, 1.82) is 0 Å². The van der Waals surface area contributed by atoms with E-state index in [9.17, 15) is 4.79 Å². The maximum Gasteiger partial charge on any atom is 0.250 e. The van der Waals surface area contributed by atoms with E-state index in [1.807, 2.05) is 47.9 Å². The monoisotopic (exact) mass is 427 g/mol. The number of hydrogen-bond donors (Lipinski definition) is 2. The largest absolute Gasteiger partial charge is 0.488 e. The minimum Gasteiger partial charge on any atom is -0.488 e. The van der Waals surface area contributed by atoms with Gasteiger partial charge in [-0.15, -0.1) is 0 Å². The van der Waals surface area contributed by atoms with Crippen LogP contribution in [-0.4, -0.2) is 26.9 Å². The van der Waals surface area contributed by atoms with Crippen LogP contribution in [0.3, 0.4) is 0 Å². The van der Waals surface area contributed by atoms with Gasteiger partial charge in [-0.05, 0) is 55.5 Å². The third-order valence-electron chi connectivity index (χ3n) is 5.77. The van der Waals surface area contributed by atoms with Crippen LogP contribution in [0.15, 0.2) is 54.7 Å². The van der Waals surface area contributed by atoms with Gasteiger partial charge in [0.25, 0.3) is 5.91 Å². The van der Waals surface area contributed by atoms with Gasteiger partial charge >= 0.3 is 0 Å². The van der Waals surface area contributed by atoms with Crippen molar-refractivity contribution in [1.82, 2.24) is 14.4 Å². The summed E-state index contributed by atoms with van der Waals surface area (Å²) in [7, 11) is 0. The summed E-state index contributed by atoms with van der Waals surface area (Å²) in [6.45, 7) is 3.29. The molecule has 7 heteroatoms. The topological polar surface area (TPSA) is 94.5 Å². The number of hydrogen-bond acceptors (Lipinski definition) is 5. The van der Waals surface area contributed by atoms with E-state index in [2.05, 4.69) is 17.4 Å². The molecule has 162 valence electrons. The van der Waals surface area contributed by atoms with E-state index in [4.69, 9.17) is 20.4 Å². The van der Waals surface area contributed by atoms with E-state index >= 15 is 0 Å². The number of primary amides is 1. The van der Waals surface area contributed by atoms with Gasteiger partial charge in [-0.2, -0.15) is 0 Å². The highest BCUT2D eigenvalue weighted by molar-refractivity contribution is 6.00. The van der Waals surface area contributed by atoms with Crippen LogP contribution in [0.5, 0.6) is 5.75 Å². The van der Waals surface area contributed by atoms with Crippen molar-refractivity contribution >= 4 is 17.2 Å². The third-order valence-corrected chi connectivity index (χ3v) is 5.77. The summed E-state index contributed by atoms with van der Waals surface area (Å²) in [4.78, 5) is 21.7. The van der Waals surface area contributed by atoms with Crippen molar-refractivity contribution in [2.24, 2.45) is 5.73 Å². The maximum atomic E-state index is 11.9. The average Bonchev–Trinajstić information content (AvgIpc) is 2.96. The molecule has 1 aliphatic heterocycles. The van der Waals surface area contributed by atoms with Gasteiger partial charge in [0.05, 0.1) is 29.1 Å². The van der Waals surface area contributed by atoms with E-state index in [-0.39, 0.29) is 0 Å². The number of nitrogens with two attached hydrogens (primary N) is 1. The zero-order valence-corrected chi connectivity index (χ0v) is 18.0. The highest BCUT2D eigenvalue weighted by Gasteiger charge is 2.22. The quantitative estimate of drug-likeness (QED) is 0.499. The van der Waals surface area contributed by atoms with Gasteiger partial charge in [-0.1, -0.05) is 30.3 Å². The zero-order chi connectivity index (χ0) is 22.1. The summed E-state index contributed by atoms with van der Waals surface area (Å²) < 4.78 is 7.99. The number of aromatic nitrogens is 3. The van der Waals surface area contributed by atoms with Gasteiger partial charge in [0, 0.05) is 12.7 Å². The maximum absolute atomic E-state index is 11.9.